The van der Waals surface area contributed by atoms with E-state index in [2.05, 4.69) is 21.8 Å². The Labute approximate surface area is 123 Å². The van der Waals surface area contributed by atoms with Gasteiger partial charge in [0.25, 0.3) is 0 Å². The van der Waals surface area contributed by atoms with Crippen molar-refractivity contribution in [3.63, 3.8) is 0 Å². The summed E-state index contributed by atoms with van der Waals surface area (Å²) in [6.07, 6.45) is 7.07. The van der Waals surface area contributed by atoms with Gasteiger partial charge in [0, 0.05) is 24.1 Å². The molecular formula is C16H17N3O2. The minimum Gasteiger partial charge on any atom is -0.465 e. The molecule has 5 nitrogen and oxygen atoms in total. The minimum absolute atomic E-state index is 0.303. The van der Waals surface area contributed by atoms with E-state index in [0.717, 1.165) is 29.9 Å². The Bertz CT molecular complexity index is 658. The molecule has 0 radical (unpaired) electrons. The zero-order chi connectivity index (χ0) is 14.8. The van der Waals surface area contributed by atoms with E-state index in [4.69, 9.17) is 4.74 Å². The van der Waals surface area contributed by atoms with E-state index in [0.29, 0.717) is 11.6 Å². The van der Waals surface area contributed by atoms with Crippen molar-refractivity contribution in [1.82, 2.24) is 9.97 Å². The number of esters is 1. The van der Waals surface area contributed by atoms with Crippen LogP contribution < -0.4 is 4.90 Å². The van der Waals surface area contributed by atoms with Crippen LogP contribution in [0.1, 0.15) is 29.3 Å². The zero-order valence-corrected chi connectivity index (χ0v) is 12.1. The molecule has 1 aliphatic heterocycles. The average Bonchev–Trinajstić information content (AvgIpc) is 2.54. The van der Waals surface area contributed by atoms with Gasteiger partial charge in [-0.2, -0.15) is 0 Å². The van der Waals surface area contributed by atoms with Crippen molar-refractivity contribution in [1.29, 1.82) is 0 Å². The standard InChI is InChI=1S/C16H17N3O2/c1-11-3-4-12-9-13(16(20)21-2)5-6-14(12)19(11)15-10-17-7-8-18-15/h5-11H,3-4H2,1-2H3. The third kappa shape index (κ3) is 2.46. The maximum absolute atomic E-state index is 11.7. The topological polar surface area (TPSA) is 55.3 Å². The van der Waals surface area contributed by atoms with Gasteiger partial charge in [-0.25, -0.2) is 9.78 Å². The number of fused-ring (bicyclic) bond motifs is 1. The number of carbonyl (C=O) groups is 1. The SMILES string of the molecule is COC(=O)c1ccc2c(c1)CCC(C)N2c1cnccn1. The molecule has 0 bridgehead atoms. The van der Waals surface area contributed by atoms with Crippen LogP contribution in [-0.4, -0.2) is 29.1 Å². The lowest BCUT2D eigenvalue weighted by atomic mass is 9.95. The second kappa shape index (κ2) is 5.52. The number of nitrogens with zero attached hydrogens (tertiary/aromatic N) is 3. The summed E-state index contributed by atoms with van der Waals surface area (Å²) in [5.74, 6) is 0.527. The summed E-state index contributed by atoms with van der Waals surface area (Å²) in [5, 5.41) is 0. The highest BCUT2D eigenvalue weighted by Gasteiger charge is 2.26. The molecule has 0 saturated carbocycles. The molecule has 21 heavy (non-hydrogen) atoms. The summed E-state index contributed by atoms with van der Waals surface area (Å²) in [4.78, 5) is 22.4. The Hall–Kier alpha value is -2.43. The monoisotopic (exact) mass is 283 g/mol. The van der Waals surface area contributed by atoms with Gasteiger partial charge in [-0.3, -0.25) is 4.98 Å². The van der Waals surface area contributed by atoms with Crippen LogP contribution >= 0.6 is 0 Å². The highest BCUT2D eigenvalue weighted by molar-refractivity contribution is 5.90. The molecular weight excluding hydrogens is 266 g/mol. The Morgan fingerprint density at radius 2 is 2.24 bits per heavy atom. The van der Waals surface area contributed by atoms with Crippen LogP contribution in [-0.2, 0) is 11.2 Å². The average molecular weight is 283 g/mol. The first kappa shape index (κ1) is 13.5. The highest BCUT2D eigenvalue weighted by Crippen LogP contribution is 2.36. The van der Waals surface area contributed by atoms with Crippen LogP contribution in [0.2, 0.25) is 0 Å². The van der Waals surface area contributed by atoms with Gasteiger partial charge in [0.15, 0.2) is 5.82 Å². The predicted octanol–water partition coefficient (Wildman–Crippen LogP) is 2.74. The van der Waals surface area contributed by atoms with Crippen molar-refractivity contribution in [3.8, 4) is 0 Å². The smallest absolute Gasteiger partial charge is 0.337 e. The van der Waals surface area contributed by atoms with E-state index in [-0.39, 0.29) is 5.97 Å². The molecule has 108 valence electrons. The van der Waals surface area contributed by atoms with Gasteiger partial charge in [-0.15, -0.1) is 0 Å². The number of hydrogen-bond donors (Lipinski definition) is 0. The third-order valence-electron chi connectivity index (χ3n) is 3.83. The van der Waals surface area contributed by atoms with Crippen LogP contribution in [0.25, 0.3) is 0 Å². The van der Waals surface area contributed by atoms with Crippen molar-refractivity contribution in [2.75, 3.05) is 12.0 Å². The first-order chi connectivity index (χ1) is 10.2. The maximum atomic E-state index is 11.7. The van der Waals surface area contributed by atoms with Crippen molar-refractivity contribution in [3.05, 3.63) is 47.9 Å². The summed E-state index contributed by atoms with van der Waals surface area (Å²) in [5.41, 5.74) is 2.81. The molecule has 1 atom stereocenters. The van der Waals surface area contributed by atoms with Gasteiger partial charge in [-0.05, 0) is 43.5 Å². The molecule has 1 unspecified atom stereocenters. The molecule has 0 fully saturated rings. The normalized spacial score (nSPS) is 17.2. The van der Waals surface area contributed by atoms with Crippen LogP contribution in [0.3, 0.4) is 0 Å². The molecule has 2 heterocycles. The van der Waals surface area contributed by atoms with Gasteiger partial charge in [0.1, 0.15) is 0 Å². The number of benzene rings is 1. The number of carbonyl (C=O) groups excluding carboxylic acids is 1. The molecule has 0 spiro atoms. The fourth-order valence-electron chi connectivity index (χ4n) is 2.76. The summed E-state index contributed by atoms with van der Waals surface area (Å²) >= 11 is 0. The summed E-state index contributed by atoms with van der Waals surface area (Å²) < 4.78 is 4.78. The van der Waals surface area contributed by atoms with Crippen LogP contribution in [0.5, 0.6) is 0 Å². The molecule has 0 aliphatic carbocycles. The first-order valence-electron chi connectivity index (χ1n) is 6.97. The van der Waals surface area contributed by atoms with Gasteiger partial charge in [0.05, 0.1) is 18.9 Å². The van der Waals surface area contributed by atoms with Gasteiger partial charge in [-0.1, -0.05) is 0 Å². The number of ether oxygens (including phenoxy) is 1. The van der Waals surface area contributed by atoms with Crippen molar-refractivity contribution in [2.24, 2.45) is 0 Å². The number of anilines is 2. The van der Waals surface area contributed by atoms with Crippen molar-refractivity contribution >= 4 is 17.5 Å². The quantitative estimate of drug-likeness (QED) is 0.793. The second-order valence-corrected chi connectivity index (χ2v) is 5.16. The first-order valence-corrected chi connectivity index (χ1v) is 6.97. The van der Waals surface area contributed by atoms with Crippen LogP contribution in [0, 0.1) is 0 Å². The number of rotatable bonds is 2. The molecule has 0 saturated heterocycles. The fourth-order valence-corrected chi connectivity index (χ4v) is 2.76. The molecule has 1 aliphatic rings. The molecule has 5 heteroatoms. The van der Waals surface area contributed by atoms with E-state index < -0.39 is 0 Å². The molecule has 1 aromatic carbocycles. The number of aryl methyl sites for hydroxylation is 1. The van der Waals surface area contributed by atoms with Gasteiger partial charge >= 0.3 is 5.97 Å². The fraction of sp³-hybridized carbons (Fsp3) is 0.312. The van der Waals surface area contributed by atoms with Crippen LogP contribution in [0.4, 0.5) is 11.5 Å². The predicted molar refractivity (Wildman–Crippen MR) is 79.7 cm³/mol. The number of aromatic nitrogens is 2. The van der Waals surface area contributed by atoms with E-state index in [1.807, 2.05) is 12.1 Å². The van der Waals surface area contributed by atoms with Crippen molar-refractivity contribution < 1.29 is 9.53 Å². The Morgan fingerprint density at radius 3 is 2.95 bits per heavy atom. The highest BCUT2D eigenvalue weighted by atomic mass is 16.5. The molecule has 0 amide bonds. The summed E-state index contributed by atoms with van der Waals surface area (Å²) in [7, 11) is 1.40. The Kier molecular flexibility index (Phi) is 3.56. The summed E-state index contributed by atoms with van der Waals surface area (Å²) in [6.45, 7) is 2.17. The number of methoxy groups -OCH3 is 1. The van der Waals surface area contributed by atoms with Gasteiger partial charge < -0.3 is 9.64 Å². The summed E-state index contributed by atoms with van der Waals surface area (Å²) in [6, 6.07) is 6.02. The number of hydrogen-bond acceptors (Lipinski definition) is 5. The zero-order valence-electron chi connectivity index (χ0n) is 12.1. The lowest BCUT2D eigenvalue weighted by Crippen LogP contribution is -2.34. The molecule has 3 rings (SSSR count). The molecule has 2 aromatic rings. The largest absolute Gasteiger partial charge is 0.465 e. The molecule has 1 aromatic heterocycles. The Morgan fingerprint density at radius 1 is 1.38 bits per heavy atom. The molecule has 0 N–H and O–H groups in total. The Balaban J connectivity index is 2.04. The second-order valence-electron chi connectivity index (χ2n) is 5.16. The van der Waals surface area contributed by atoms with E-state index in [9.17, 15) is 4.79 Å². The van der Waals surface area contributed by atoms with E-state index in [1.165, 1.54) is 7.11 Å². The maximum Gasteiger partial charge on any atom is 0.337 e. The van der Waals surface area contributed by atoms with E-state index >= 15 is 0 Å². The van der Waals surface area contributed by atoms with E-state index in [1.54, 1.807) is 24.7 Å². The minimum atomic E-state index is -0.303. The van der Waals surface area contributed by atoms with Crippen LogP contribution in [0.15, 0.2) is 36.8 Å². The lowest BCUT2D eigenvalue weighted by Gasteiger charge is -2.36. The lowest BCUT2D eigenvalue weighted by molar-refractivity contribution is 0.0600. The third-order valence-corrected chi connectivity index (χ3v) is 3.83. The van der Waals surface area contributed by atoms with Crippen molar-refractivity contribution in [2.45, 2.75) is 25.8 Å². The van der Waals surface area contributed by atoms with Gasteiger partial charge in [0.2, 0.25) is 0 Å².